The molecule has 2 N–H and O–H groups in total. The number of urea groups is 1. The Bertz CT molecular complexity index is 1040. The maximum atomic E-state index is 12.9. The van der Waals surface area contributed by atoms with Gasteiger partial charge < -0.3 is 24.8 Å². The largest absolute Gasteiger partial charge is 0.493 e. The van der Waals surface area contributed by atoms with Crippen LogP contribution in [0.3, 0.4) is 0 Å². The van der Waals surface area contributed by atoms with Gasteiger partial charge in [-0.1, -0.05) is 49.2 Å². The minimum absolute atomic E-state index is 0.235. The van der Waals surface area contributed by atoms with E-state index in [0.29, 0.717) is 39.8 Å². The molecule has 2 aromatic carbocycles. The van der Waals surface area contributed by atoms with E-state index < -0.39 is 12.0 Å². The highest BCUT2D eigenvalue weighted by Crippen LogP contribution is 2.36. The Morgan fingerprint density at radius 1 is 1.12 bits per heavy atom. The molecule has 7 nitrogen and oxygen atoms in total. The van der Waals surface area contributed by atoms with Crippen LogP contribution < -0.4 is 20.1 Å². The molecule has 0 radical (unpaired) electrons. The lowest BCUT2D eigenvalue weighted by molar-refractivity contribution is -0.139. The van der Waals surface area contributed by atoms with Crippen LogP contribution in [0, 0.1) is 0 Å². The van der Waals surface area contributed by atoms with E-state index in [1.807, 2.05) is 18.2 Å². The highest BCUT2D eigenvalue weighted by Gasteiger charge is 2.34. The van der Waals surface area contributed by atoms with Gasteiger partial charge in [-0.05, 0) is 43.5 Å². The molecule has 1 aliphatic rings. The molecule has 0 saturated carbocycles. The van der Waals surface area contributed by atoms with E-state index in [1.165, 1.54) is 0 Å². The predicted octanol–water partition coefficient (Wildman–Crippen LogP) is 5.29. The number of esters is 1. The number of carbonyl (C=O) groups is 2. The molecule has 1 unspecified atom stereocenters. The fourth-order valence-electron chi connectivity index (χ4n) is 3.63. The summed E-state index contributed by atoms with van der Waals surface area (Å²) in [6.45, 7) is 4.28. The first-order valence-electron chi connectivity index (χ1n) is 11.0. The Morgan fingerprint density at radius 3 is 2.61 bits per heavy atom. The van der Waals surface area contributed by atoms with Crippen molar-refractivity contribution in [3.8, 4) is 11.5 Å². The number of hydrogen-bond acceptors (Lipinski definition) is 5. The van der Waals surface area contributed by atoms with Crippen LogP contribution in [-0.2, 0) is 16.1 Å². The molecule has 0 fully saturated rings. The van der Waals surface area contributed by atoms with Gasteiger partial charge in [0.15, 0.2) is 11.5 Å². The van der Waals surface area contributed by atoms with Gasteiger partial charge >= 0.3 is 12.0 Å². The van der Waals surface area contributed by atoms with Crippen molar-refractivity contribution in [3.63, 3.8) is 0 Å². The maximum Gasteiger partial charge on any atom is 0.338 e. The molecule has 2 aromatic rings. The van der Waals surface area contributed by atoms with E-state index >= 15 is 0 Å². The number of allylic oxidation sites excluding steroid dienone is 1. The van der Waals surface area contributed by atoms with Crippen LogP contribution >= 0.6 is 11.6 Å². The molecule has 33 heavy (non-hydrogen) atoms. The van der Waals surface area contributed by atoms with E-state index in [2.05, 4.69) is 17.6 Å². The number of carbonyl (C=O) groups excluding carboxylic acids is 2. The minimum Gasteiger partial charge on any atom is -0.493 e. The van der Waals surface area contributed by atoms with Gasteiger partial charge in [0.25, 0.3) is 0 Å². The van der Waals surface area contributed by atoms with Crippen LogP contribution in [0.15, 0.2) is 53.7 Å². The van der Waals surface area contributed by atoms with Gasteiger partial charge in [0.05, 0.1) is 25.3 Å². The number of benzene rings is 2. The second-order valence-electron chi connectivity index (χ2n) is 7.54. The van der Waals surface area contributed by atoms with Crippen molar-refractivity contribution >= 4 is 23.6 Å². The van der Waals surface area contributed by atoms with Crippen molar-refractivity contribution in [2.24, 2.45) is 0 Å². The molecule has 0 saturated heterocycles. The molecular weight excluding hydrogens is 444 g/mol. The molecule has 2 amide bonds. The highest BCUT2D eigenvalue weighted by atomic mass is 35.5. The Morgan fingerprint density at radius 2 is 1.91 bits per heavy atom. The smallest absolute Gasteiger partial charge is 0.338 e. The zero-order valence-electron chi connectivity index (χ0n) is 19.1. The van der Waals surface area contributed by atoms with Crippen molar-refractivity contribution in [1.29, 1.82) is 0 Å². The maximum absolute atomic E-state index is 12.9. The van der Waals surface area contributed by atoms with Crippen molar-refractivity contribution < 1.29 is 23.8 Å². The average molecular weight is 473 g/mol. The van der Waals surface area contributed by atoms with Crippen molar-refractivity contribution in [3.05, 3.63) is 69.9 Å². The molecule has 3 rings (SSSR count). The first-order valence-corrected chi connectivity index (χ1v) is 11.4. The molecule has 0 aliphatic carbocycles. The molecule has 8 heteroatoms. The number of rotatable bonds is 10. The fourth-order valence-corrected chi connectivity index (χ4v) is 3.82. The summed E-state index contributed by atoms with van der Waals surface area (Å²) in [5.74, 6) is 0.537. The van der Waals surface area contributed by atoms with Gasteiger partial charge in [0, 0.05) is 16.3 Å². The van der Waals surface area contributed by atoms with E-state index in [-0.39, 0.29) is 19.2 Å². The number of methoxy groups -OCH3 is 1. The Labute approximate surface area is 199 Å². The first kappa shape index (κ1) is 24.5. The molecular formula is C25H29ClN2O5. The molecule has 0 spiro atoms. The highest BCUT2D eigenvalue weighted by molar-refractivity contribution is 6.31. The Balaban J connectivity index is 1.98. The molecule has 1 aliphatic heterocycles. The van der Waals surface area contributed by atoms with Gasteiger partial charge in [-0.25, -0.2) is 9.59 Å². The second kappa shape index (κ2) is 11.6. The second-order valence-corrected chi connectivity index (χ2v) is 7.95. The number of ether oxygens (including phenoxy) is 3. The van der Waals surface area contributed by atoms with Crippen LogP contribution in [0.1, 0.15) is 50.3 Å². The molecule has 176 valence electrons. The third-order valence-electron chi connectivity index (χ3n) is 5.29. The van der Waals surface area contributed by atoms with E-state index in [9.17, 15) is 9.59 Å². The lowest BCUT2D eigenvalue weighted by Gasteiger charge is -2.30. The van der Waals surface area contributed by atoms with Crippen molar-refractivity contribution in [1.82, 2.24) is 10.6 Å². The third kappa shape index (κ3) is 5.99. The third-order valence-corrected chi connectivity index (χ3v) is 5.66. The van der Waals surface area contributed by atoms with Crippen LogP contribution in [-0.4, -0.2) is 25.7 Å². The monoisotopic (exact) mass is 472 g/mol. The summed E-state index contributed by atoms with van der Waals surface area (Å²) in [6, 6.07) is 11.7. The van der Waals surface area contributed by atoms with Gasteiger partial charge in [-0.2, -0.15) is 0 Å². The van der Waals surface area contributed by atoms with E-state index in [0.717, 1.165) is 18.4 Å². The standard InChI is InChI=1S/C25H29ClN2O5/c1-4-6-11-19-22(24(29)32-5-2)23(28-25(30)27-19)16-12-13-20(31-3)21(14-16)33-15-17-9-7-8-10-18(17)26/h7-10,12-14,23H,4-6,11,15H2,1-3H3,(H2,27,28,30). The predicted molar refractivity (Wildman–Crippen MR) is 126 cm³/mol. The molecule has 1 atom stereocenters. The summed E-state index contributed by atoms with van der Waals surface area (Å²) in [4.78, 5) is 25.3. The fraction of sp³-hybridized carbons (Fsp3) is 0.360. The normalized spacial score (nSPS) is 15.5. The minimum atomic E-state index is -0.682. The summed E-state index contributed by atoms with van der Waals surface area (Å²) >= 11 is 6.25. The number of unbranched alkanes of at least 4 members (excludes halogenated alkanes) is 1. The molecule has 0 bridgehead atoms. The van der Waals surface area contributed by atoms with Gasteiger partial charge in [0.2, 0.25) is 0 Å². The SMILES string of the molecule is CCCCC1=C(C(=O)OCC)C(c2ccc(OC)c(OCc3ccccc3Cl)c2)NC(=O)N1. The van der Waals surface area contributed by atoms with Crippen LogP contribution in [0.25, 0.3) is 0 Å². The number of halogens is 1. The Hall–Kier alpha value is -3.19. The van der Waals surface area contributed by atoms with E-state index in [4.69, 9.17) is 25.8 Å². The lowest BCUT2D eigenvalue weighted by Crippen LogP contribution is -2.46. The zero-order valence-corrected chi connectivity index (χ0v) is 19.8. The quantitative estimate of drug-likeness (QED) is 0.459. The van der Waals surface area contributed by atoms with E-state index in [1.54, 1.807) is 38.3 Å². The zero-order chi connectivity index (χ0) is 23.8. The lowest BCUT2D eigenvalue weighted by atomic mass is 9.93. The van der Waals surface area contributed by atoms with Gasteiger partial charge in [0.1, 0.15) is 6.61 Å². The summed E-state index contributed by atoms with van der Waals surface area (Å²) < 4.78 is 16.8. The summed E-state index contributed by atoms with van der Waals surface area (Å²) in [5.41, 5.74) is 2.48. The van der Waals surface area contributed by atoms with Crippen LogP contribution in [0.4, 0.5) is 4.79 Å². The number of amides is 2. The molecule has 0 aromatic heterocycles. The Kier molecular flexibility index (Phi) is 8.60. The summed E-state index contributed by atoms with van der Waals surface area (Å²) in [6.07, 6.45) is 2.33. The first-order chi connectivity index (χ1) is 16.0. The van der Waals surface area contributed by atoms with Crippen molar-refractivity contribution in [2.75, 3.05) is 13.7 Å². The number of hydrogen-bond donors (Lipinski definition) is 2. The number of nitrogens with one attached hydrogen (secondary N) is 2. The van der Waals surface area contributed by atoms with Crippen LogP contribution in [0.2, 0.25) is 5.02 Å². The molecule has 1 heterocycles. The summed E-state index contributed by atoms with van der Waals surface area (Å²) in [5, 5.41) is 6.24. The summed E-state index contributed by atoms with van der Waals surface area (Å²) in [7, 11) is 1.55. The van der Waals surface area contributed by atoms with Crippen LogP contribution in [0.5, 0.6) is 11.5 Å². The van der Waals surface area contributed by atoms with Crippen molar-refractivity contribution in [2.45, 2.75) is 45.8 Å². The average Bonchev–Trinajstić information content (AvgIpc) is 2.81. The van der Waals surface area contributed by atoms with Gasteiger partial charge in [-0.3, -0.25) is 0 Å². The topological polar surface area (TPSA) is 85.9 Å². The van der Waals surface area contributed by atoms with Gasteiger partial charge in [-0.15, -0.1) is 0 Å².